The molecule has 1 saturated carbocycles. The van der Waals surface area contributed by atoms with E-state index in [1.807, 2.05) is 0 Å². The van der Waals surface area contributed by atoms with E-state index in [2.05, 4.69) is 10.4 Å². The number of thiazole rings is 1. The van der Waals surface area contributed by atoms with Crippen molar-refractivity contribution < 1.29 is 5.11 Å². The number of nitrogens with two attached hydrogens (primary N) is 1. The van der Waals surface area contributed by atoms with Crippen molar-refractivity contribution in [2.24, 2.45) is 5.73 Å². The molecule has 1 aliphatic carbocycles. The zero-order chi connectivity index (χ0) is 11.4. The highest BCUT2D eigenvalue weighted by Gasteiger charge is 2.18. The Bertz CT molecular complexity index is 321. The molecule has 1 fully saturated rings. The zero-order valence-electron chi connectivity index (χ0n) is 9.56. The zero-order valence-corrected chi connectivity index (χ0v) is 10.4. The van der Waals surface area contributed by atoms with Gasteiger partial charge in [-0.2, -0.15) is 0 Å². The van der Waals surface area contributed by atoms with Crippen molar-refractivity contribution in [3.63, 3.8) is 0 Å². The van der Waals surface area contributed by atoms with E-state index in [-0.39, 0.29) is 12.6 Å². The summed E-state index contributed by atoms with van der Waals surface area (Å²) in [5.74, 6) is 0.670. The first-order chi connectivity index (χ1) is 7.79. The van der Waals surface area contributed by atoms with Crippen LogP contribution in [0.5, 0.6) is 0 Å². The maximum atomic E-state index is 8.90. The molecule has 1 atom stereocenters. The molecule has 1 aliphatic rings. The van der Waals surface area contributed by atoms with Gasteiger partial charge in [-0.3, -0.25) is 0 Å². The highest BCUT2D eigenvalue weighted by Crippen LogP contribution is 2.33. The van der Waals surface area contributed by atoms with E-state index in [1.54, 1.807) is 11.3 Å². The molecule has 2 rings (SSSR count). The van der Waals surface area contributed by atoms with Crippen molar-refractivity contribution in [2.75, 3.05) is 6.61 Å². The van der Waals surface area contributed by atoms with Gasteiger partial charge >= 0.3 is 0 Å². The number of aromatic nitrogens is 1. The summed E-state index contributed by atoms with van der Waals surface area (Å²) in [4.78, 5) is 4.65. The second-order valence-corrected chi connectivity index (χ2v) is 5.59. The summed E-state index contributed by atoms with van der Waals surface area (Å²) in [5.41, 5.74) is 6.96. The molecule has 0 bridgehead atoms. The molecule has 0 saturated heterocycles. The molecule has 0 radical (unpaired) electrons. The normalized spacial score (nSPS) is 19.9. The van der Waals surface area contributed by atoms with E-state index in [4.69, 9.17) is 10.8 Å². The van der Waals surface area contributed by atoms with Gasteiger partial charge in [0, 0.05) is 23.8 Å². The SMILES string of the molecule is NC(CO)Cc1nc(C2CCCCC2)cs1. The van der Waals surface area contributed by atoms with Crippen molar-refractivity contribution >= 4 is 11.3 Å². The molecular weight excluding hydrogens is 220 g/mol. The minimum Gasteiger partial charge on any atom is -0.395 e. The minimum atomic E-state index is -0.162. The van der Waals surface area contributed by atoms with Crippen LogP contribution in [0, 0.1) is 0 Å². The van der Waals surface area contributed by atoms with Crippen molar-refractivity contribution in [1.29, 1.82) is 0 Å². The van der Waals surface area contributed by atoms with E-state index in [9.17, 15) is 0 Å². The number of aliphatic hydroxyl groups excluding tert-OH is 1. The Morgan fingerprint density at radius 2 is 2.19 bits per heavy atom. The molecule has 90 valence electrons. The lowest BCUT2D eigenvalue weighted by atomic mass is 9.87. The maximum Gasteiger partial charge on any atom is 0.0944 e. The smallest absolute Gasteiger partial charge is 0.0944 e. The van der Waals surface area contributed by atoms with Gasteiger partial charge in [0.05, 0.1) is 17.3 Å². The van der Waals surface area contributed by atoms with E-state index in [1.165, 1.54) is 37.8 Å². The first kappa shape index (κ1) is 12.0. The van der Waals surface area contributed by atoms with E-state index in [0.717, 1.165) is 5.01 Å². The second kappa shape index (κ2) is 5.75. The predicted octanol–water partition coefficient (Wildman–Crippen LogP) is 2.05. The molecule has 1 aromatic rings. The number of rotatable bonds is 4. The molecule has 3 N–H and O–H groups in total. The lowest BCUT2D eigenvalue weighted by Crippen LogP contribution is -2.26. The molecule has 0 aliphatic heterocycles. The summed E-state index contributed by atoms with van der Waals surface area (Å²) >= 11 is 1.68. The summed E-state index contributed by atoms with van der Waals surface area (Å²) in [5, 5.41) is 12.2. The van der Waals surface area contributed by atoms with Crippen LogP contribution in [0.2, 0.25) is 0 Å². The fourth-order valence-corrected chi connectivity index (χ4v) is 3.26. The Morgan fingerprint density at radius 3 is 2.88 bits per heavy atom. The average molecular weight is 240 g/mol. The Morgan fingerprint density at radius 1 is 1.44 bits per heavy atom. The standard InChI is InChI=1S/C12H20N2OS/c13-10(7-15)6-12-14-11(8-16-12)9-4-2-1-3-5-9/h8-10,15H,1-7,13H2. The largest absolute Gasteiger partial charge is 0.395 e. The molecule has 4 heteroatoms. The van der Waals surface area contributed by atoms with Gasteiger partial charge in [0.25, 0.3) is 0 Å². The van der Waals surface area contributed by atoms with Crippen molar-refractivity contribution in [3.8, 4) is 0 Å². The van der Waals surface area contributed by atoms with Gasteiger partial charge < -0.3 is 10.8 Å². The quantitative estimate of drug-likeness (QED) is 0.847. The topological polar surface area (TPSA) is 59.1 Å². The van der Waals surface area contributed by atoms with Gasteiger partial charge in [-0.25, -0.2) is 4.98 Å². The third-order valence-electron chi connectivity index (χ3n) is 3.26. The molecule has 1 aromatic heterocycles. The molecule has 1 unspecified atom stereocenters. The fourth-order valence-electron chi connectivity index (χ4n) is 2.29. The van der Waals surface area contributed by atoms with Crippen LogP contribution in [0.25, 0.3) is 0 Å². The van der Waals surface area contributed by atoms with Gasteiger partial charge in [-0.05, 0) is 12.8 Å². The van der Waals surface area contributed by atoms with Gasteiger partial charge in [0.15, 0.2) is 0 Å². The lowest BCUT2D eigenvalue weighted by Gasteiger charge is -2.19. The van der Waals surface area contributed by atoms with Crippen LogP contribution in [-0.4, -0.2) is 22.7 Å². The lowest BCUT2D eigenvalue weighted by molar-refractivity contribution is 0.265. The van der Waals surface area contributed by atoms with E-state index < -0.39 is 0 Å². The predicted molar refractivity (Wildman–Crippen MR) is 66.7 cm³/mol. The molecule has 1 heterocycles. The average Bonchev–Trinajstić information content (AvgIpc) is 2.78. The Balaban J connectivity index is 1.95. The Hall–Kier alpha value is -0.450. The molecule has 0 aromatic carbocycles. The number of hydrogen-bond acceptors (Lipinski definition) is 4. The Kier molecular flexibility index (Phi) is 4.32. The van der Waals surface area contributed by atoms with Crippen LogP contribution in [0.4, 0.5) is 0 Å². The first-order valence-corrected chi connectivity index (χ1v) is 6.98. The highest BCUT2D eigenvalue weighted by atomic mass is 32.1. The van der Waals surface area contributed by atoms with E-state index >= 15 is 0 Å². The van der Waals surface area contributed by atoms with Crippen LogP contribution in [0.3, 0.4) is 0 Å². The third kappa shape index (κ3) is 3.03. The maximum absolute atomic E-state index is 8.90. The highest BCUT2D eigenvalue weighted by molar-refractivity contribution is 7.09. The molecular formula is C12H20N2OS. The minimum absolute atomic E-state index is 0.0400. The van der Waals surface area contributed by atoms with Crippen LogP contribution in [-0.2, 0) is 6.42 Å². The number of aliphatic hydroxyl groups is 1. The third-order valence-corrected chi connectivity index (χ3v) is 4.15. The number of hydrogen-bond donors (Lipinski definition) is 2. The van der Waals surface area contributed by atoms with Gasteiger partial charge in [0.2, 0.25) is 0 Å². The first-order valence-electron chi connectivity index (χ1n) is 6.10. The Labute approximate surface area is 101 Å². The van der Waals surface area contributed by atoms with Crippen LogP contribution < -0.4 is 5.73 Å². The van der Waals surface area contributed by atoms with Crippen LogP contribution in [0.1, 0.15) is 48.7 Å². The monoisotopic (exact) mass is 240 g/mol. The fraction of sp³-hybridized carbons (Fsp3) is 0.750. The molecule has 0 amide bonds. The summed E-state index contributed by atoms with van der Waals surface area (Å²) in [7, 11) is 0. The van der Waals surface area contributed by atoms with Crippen molar-refractivity contribution in [3.05, 3.63) is 16.1 Å². The summed E-state index contributed by atoms with van der Waals surface area (Å²) in [6.45, 7) is 0.0400. The summed E-state index contributed by atoms with van der Waals surface area (Å²) in [6.07, 6.45) is 7.34. The van der Waals surface area contributed by atoms with Crippen LogP contribution in [0.15, 0.2) is 5.38 Å². The van der Waals surface area contributed by atoms with Gasteiger partial charge in [0.1, 0.15) is 0 Å². The summed E-state index contributed by atoms with van der Waals surface area (Å²) < 4.78 is 0. The van der Waals surface area contributed by atoms with E-state index in [0.29, 0.717) is 12.3 Å². The number of nitrogens with zero attached hydrogens (tertiary/aromatic N) is 1. The summed E-state index contributed by atoms with van der Waals surface area (Å²) in [6, 6.07) is -0.162. The van der Waals surface area contributed by atoms with Gasteiger partial charge in [-0.1, -0.05) is 19.3 Å². The molecule has 16 heavy (non-hydrogen) atoms. The van der Waals surface area contributed by atoms with Crippen molar-refractivity contribution in [2.45, 2.75) is 50.5 Å². The van der Waals surface area contributed by atoms with Crippen LogP contribution >= 0.6 is 11.3 Å². The van der Waals surface area contributed by atoms with Gasteiger partial charge in [-0.15, -0.1) is 11.3 Å². The molecule has 0 spiro atoms. The molecule has 3 nitrogen and oxygen atoms in total. The second-order valence-electron chi connectivity index (χ2n) is 4.65. The van der Waals surface area contributed by atoms with Crippen molar-refractivity contribution in [1.82, 2.24) is 4.98 Å².